The molecule has 2 N–H and O–H groups in total. The van der Waals surface area contributed by atoms with Gasteiger partial charge in [-0.25, -0.2) is 9.37 Å². The first kappa shape index (κ1) is 12.1. The third-order valence-corrected chi connectivity index (χ3v) is 2.99. The summed E-state index contributed by atoms with van der Waals surface area (Å²) in [7, 11) is 0. The zero-order valence-electron chi connectivity index (χ0n) is 8.97. The molecule has 88 valence electrons. The van der Waals surface area contributed by atoms with Gasteiger partial charge in [-0.3, -0.25) is 0 Å². The molecule has 0 fully saturated rings. The lowest BCUT2D eigenvalue weighted by molar-refractivity contribution is 0.619. The van der Waals surface area contributed by atoms with Gasteiger partial charge in [0.2, 0.25) is 0 Å². The first-order valence-corrected chi connectivity index (χ1v) is 5.62. The molecule has 0 radical (unpaired) electrons. The molecule has 0 aliphatic carbocycles. The number of anilines is 1. The highest BCUT2D eigenvalue weighted by atomic mass is 35.5. The van der Waals surface area contributed by atoms with Gasteiger partial charge in [-0.15, -0.1) is 0 Å². The predicted octanol–water partition coefficient (Wildman–Crippen LogP) is 4.09. The van der Waals surface area contributed by atoms with Crippen LogP contribution in [0.2, 0.25) is 10.0 Å². The summed E-state index contributed by atoms with van der Waals surface area (Å²) in [5.74, 6) is -0.138. The number of nitrogens with zero attached hydrogens (tertiary/aromatic N) is 1. The number of nitrogen functional groups attached to an aromatic ring is 1. The minimum Gasteiger partial charge on any atom is -0.382 e. The van der Waals surface area contributed by atoms with E-state index in [0.717, 1.165) is 0 Å². The number of nitrogens with two attached hydrogens (primary N) is 1. The van der Waals surface area contributed by atoms with Gasteiger partial charge < -0.3 is 5.73 Å². The zero-order valence-corrected chi connectivity index (χ0v) is 10.5. The Hall–Kier alpha value is -1.32. The Morgan fingerprint density at radius 2 is 1.88 bits per heavy atom. The maximum atomic E-state index is 13.4. The summed E-state index contributed by atoms with van der Waals surface area (Å²) < 4.78 is 13.4. The topological polar surface area (TPSA) is 38.9 Å². The zero-order chi connectivity index (χ0) is 12.6. The second-order valence-electron chi connectivity index (χ2n) is 3.65. The molecular weight excluding hydrogens is 262 g/mol. The Labute approximate surface area is 108 Å². The van der Waals surface area contributed by atoms with Gasteiger partial charge in [-0.2, -0.15) is 0 Å². The van der Waals surface area contributed by atoms with Crippen molar-refractivity contribution >= 4 is 29.0 Å². The number of hydrogen-bond acceptors (Lipinski definition) is 2. The van der Waals surface area contributed by atoms with Crippen molar-refractivity contribution in [2.45, 2.75) is 6.92 Å². The normalized spacial score (nSPS) is 10.6. The third kappa shape index (κ3) is 2.35. The molecule has 2 nitrogen and oxygen atoms in total. The quantitative estimate of drug-likeness (QED) is 0.848. The third-order valence-electron chi connectivity index (χ3n) is 2.40. The number of pyridine rings is 1. The Kier molecular flexibility index (Phi) is 3.22. The standard InChI is InChI=1S/C12H9Cl2FN2/c1-6-2-3-7(4-10(6)15)11-8(13)5-9(14)12(16)17-11/h2-5H,1H3,(H2,16,17). The first-order chi connectivity index (χ1) is 7.99. The molecule has 5 heteroatoms. The van der Waals surface area contributed by atoms with Gasteiger partial charge in [0, 0.05) is 5.56 Å². The van der Waals surface area contributed by atoms with Gasteiger partial charge in [0.15, 0.2) is 0 Å². The summed E-state index contributed by atoms with van der Waals surface area (Å²) in [6.07, 6.45) is 0. The molecule has 0 amide bonds. The van der Waals surface area contributed by atoms with E-state index in [-0.39, 0.29) is 16.7 Å². The number of hydrogen-bond donors (Lipinski definition) is 1. The Bertz CT molecular complexity index is 585. The average Bonchev–Trinajstić information content (AvgIpc) is 2.27. The van der Waals surface area contributed by atoms with Crippen molar-refractivity contribution in [2.75, 3.05) is 5.73 Å². The molecule has 0 spiro atoms. The second kappa shape index (κ2) is 4.51. The van der Waals surface area contributed by atoms with Crippen molar-refractivity contribution in [1.29, 1.82) is 0 Å². The van der Waals surface area contributed by atoms with Crippen molar-refractivity contribution in [3.63, 3.8) is 0 Å². The van der Waals surface area contributed by atoms with Crippen molar-refractivity contribution in [1.82, 2.24) is 4.98 Å². The molecule has 17 heavy (non-hydrogen) atoms. The van der Waals surface area contributed by atoms with Crippen LogP contribution >= 0.6 is 23.2 Å². The number of rotatable bonds is 1. The van der Waals surface area contributed by atoms with Gasteiger partial charge in [0.25, 0.3) is 0 Å². The van der Waals surface area contributed by atoms with Crippen LogP contribution in [0.15, 0.2) is 24.3 Å². The number of benzene rings is 1. The molecule has 1 heterocycles. The summed E-state index contributed by atoms with van der Waals surface area (Å²) in [6, 6.07) is 6.27. The lowest BCUT2D eigenvalue weighted by atomic mass is 10.1. The van der Waals surface area contributed by atoms with Crippen LogP contribution in [0.5, 0.6) is 0 Å². The highest BCUT2D eigenvalue weighted by molar-refractivity contribution is 6.37. The van der Waals surface area contributed by atoms with Crippen molar-refractivity contribution in [3.8, 4) is 11.3 Å². The van der Waals surface area contributed by atoms with Crippen LogP contribution in [0.1, 0.15) is 5.56 Å². The summed E-state index contributed by atoms with van der Waals surface area (Å²) >= 11 is 11.8. The highest BCUT2D eigenvalue weighted by Crippen LogP contribution is 2.31. The summed E-state index contributed by atoms with van der Waals surface area (Å²) in [6.45, 7) is 1.68. The van der Waals surface area contributed by atoms with E-state index in [4.69, 9.17) is 28.9 Å². The fourth-order valence-electron chi connectivity index (χ4n) is 1.42. The van der Waals surface area contributed by atoms with E-state index in [0.29, 0.717) is 21.8 Å². The fourth-order valence-corrected chi connectivity index (χ4v) is 1.89. The summed E-state index contributed by atoms with van der Waals surface area (Å²) in [5.41, 5.74) is 7.16. The lowest BCUT2D eigenvalue weighted by Gasteiger charge is -2.07. The molecular formula is C12H9Cl2FN2. The molecule has 0 bridgehead atoms. The Morgan fingerprint density at radius 1 is 1.18 bits per heavy atom. The Morgan fingerprint density at radius 3 is 2.53 bits per heavy atom. The molecule has 0 atom stereocenters. The summed E-state index contributed by atoms with van der Waals surface area (Å²) in [4.78, 5) is 4.06. The second-order valence-corrected chi connectivity index (χ2v) is 4.46. The van der Waals surface area contributed by atoms with E-state index in [1.807, 2.05) is 0 Å². The molecule has 0 saturated heterocycles. The maximum Gasteiger partial charge on any atom is 0.143 e. The SMILES string of the molecule is Cc1ccc(-c2nc(N)c(Cl)cc2Cl)cc1F. The molecule has 0 aliphatic heterocycles. The monoisotopic (exact) mass is 270 g/mol. The largest absolute Gasteiger partial charge is 0.382 e. The van der Waals surface area contributed by atoms with Crippen molar-refractivity contribution in [2.24, 2.45) is 0 Å². The van der Waals surface area contributed by atoms with Crippen molar-refractivity contribution < 1.29 is 4.39 Å². The van der Waals surface area contributed by atoms with Crippen LogP contribution < -0.4 is 5.73 Å². The average molecular weight is 271 g/mol. The van der Waals surface area contributed by atoms with Gasteiger partial charge in [-0.05, 0) is 24.6 Å². The smallest absolute Gasteiger partial charge is 0.143 e. The van der Waals surface area contributed by atoms with Crippen LogP contribution in [0.25, 0.3) is 11.3 Å². The van der Waals surface area contributed by atoms with E-state index >= 15 is 0 Å². The van der Waals surface area contributed by atoms with Gasteiger partial charge in [0.05, 0.1) is 15.7 Å². The highest BCUT2D eigenvalue weighted by Gasteiger charge is 2.10. The van der Waals surface area contributed by atoms with Crippen LogP contribution in [-0.4, -0.2) is 4.98 Å². The van der Waals surface area contributed by atoms with Crippen LogP contribution in [0, 0.1) is 12.7 Å². The Balaban J connectivity index is 2.60. The van der Waals surface area contributed by atoms with Crippen LogP contribution in [0.4, 0.5) is 10.2 Å². The van der Waals surface area contributed by atoms with E-state index in [2.05, 4.69) is 4.98 Å². The van der Waals surface area contributed by atoms with Gasteiger partial charge in [-0.1, -0.05) is 35.3 Å². The number of halogens is 3. The lowest BCUT2D eigenvalue weighted by Crippen LogP contribution is -1.95. The van der Waals surface area contributed by atoms with Gasteiger partial charge >= 0.3 is 0 Å². The minimum atomic E-state index is -0.311. The van der Waals surface area contributed by atoms with Crippen LogP contribution in [-0.2, 0) is 0 Å². The maximum absolute atomic E-state index is 13.4. The first-order valence-electron chi connectivity index (χ1n) is 4.87. The minimum absolute atomic E-state index is 0.173. The van der Waals surface area contributed by atoms with E-state index < -0.39 is 0 Å². The molecule has 0 unspecified atom stereocenters. The number of aromatic nitrogens is 1. The number of aryl methyl sites for hydroxylation is 1. The fraction of sp³-hybridized carbons (Fsp3) is 0.0833. The van der Waals surface area contributed by atoms with E-state index in [1.54, 1.807) is 19.1 Å². The van der Waals surface area contributed by atoms with Gasteiger partial charge in [0.1, 0.15) is 11.6 Å². The van der Waals surface area contributed by atoms with E-state index in [1.165, 1.54) is 12.1 Å². The molecule has 2 rings (SSSR count). The summed E-state index contributed by atoms with van der Waals surface area (Å²) in [5, 5.41) is 0.624. The van der Waals surface area contributed by atoms with Crippen LogP contribution in [0.3, 0.4) is 0 Å². The van der Waals surface area contributed by atoms with Crippen molar-refractivity contribution in [3.05, 3.63) is 45.7 Å². The predicted molar refractivity (Wildman–Crippen MR) is 68.8 cm³/mol. The molecule has 0 aliphatic rings. The molecule has 1 aromatic heterocycles. The van der Waals surface area contributed by atoms with E-state index in [9.17, 15) is 4.39 Å². The molecule has 0 saturated carbocycles. The molecule has 2 aromatic rings. The molecule has 1 aromatic carbocycles.